The first-order chi connectivity index (χ1) is 20.7. The van der Waals surface area contributed by atoms with Gasteiger partial charge in [0.15, 0.2) is 5.69 Å². The molecule has 1 N–H and O–H groups in total. The van der Waals surface area contributed by atoms with Crippen LogP contribution in [0.2, 0.25) is 0 Å². The summed E-state index contributed by atoms with van der Waals surface area (Å²) in [6.07, 6.45) is -7.40. The number of nitrogens with one attached hydrogen (secondary N) is 1. The molecule has 9 nitrogen and oxygen atoms in total. The van der Waals surface area contributed by atoms with Gasteiger partial charge in [-0.15, -0.1) is 0 Å². The molecule has 3 aliphatic heterocycles. The predicted octanol–water partition coefficient (Wildman–Crippen LogP) is 5.14. The summed E-state index contributed by atoms with van der Waals surface area (Å²) in [7, 11) is -3.68. The van der Waals surface area contributed by atoms with Crippen LogP contribution in [0.1, 0.15) is 99.2 Å². The van der Waals surface area contributed by atoms with E-state index in [1.54, 1.807) is 15.3 Å². The van der Waals surface area contributed by atoms with Crippen molar-refractivity contribution in [2.75, 3.05) is 26.3 Å². The molecule has 0 aromatic carbocycles. The monoisotopic (exact) mass is 658 g/mol. The highest BCUT2D eigenvalue weighted by Crippen LogP contribution is 2.41. The molecule has 1 aliphatic carbocycles. The van der Waals surface area contributed by atoms with Crippen molar-refractivity contribution in [3.8, 4) is 0 Å². The Morgan fingerprint density at radius 3 is 2.00 bits per heavy atom. The number of carbonyl (C=O) groups excluding carboxylic acids is 1. The molecular weight excluding hydrogens is 618 g/mol. The maximum atomic E-state index is 13.8. The smallest absolute Gasteiger partial charge is 0.380 e. The van der Waals surface area contributed by atoms with Crippen molar-refractivity contribution in [2.24, 2.45) is 0 Å². The number of alkyl halides is 6. The summed E-state index contributed by atoms with van der Waals surface area (Å²) in [4.78, 5) is 14.5. The molecule has 44 heavy (non-hydrogen) atoms. The standard InChI is InChI=1S/C28H40F6N4O5S/c29-27(30,31)9-1-11-37(12-2-10-28(32,33)34)20-5-7-23(8-6-20)44(40,41)38-21-3-4-22(38)14-19(13-21)35-26(39)24-15-25(43-36-24)18-16-42-17-18/h15,18-23H,1-14,16-17H2,(H,35,39)/t19?,20?,21-,22+,23?. The van der Waals surface area contributed by atoms with Gasteiger partial charge in [0.05, 0.1) is 24.4 Å². The molecular formula is C28H40F6N4O5S. The largest absolute Gasteiger partial charge is 0.389 e. The number of amides is 1. The molecule has 1 aromatic rings. The van der Waals surface area contributed by atoms with E-state index < -0.39 is 40.5 Å². The lowest BCUT2D eigenvalue weighted by Crippen LogP contribution is -2.55. The Balaban J connectivity index is 1.14. The number of carbonyl (C=O) groups is 1. The van der Waals surface area contributed by atoms with Gasteiger partial charge in [0.25, 0.3) is 5.91 Å². The summed E-state index contributed by atoms with van der Waals surface area (Å²) in [6, 6.07) is 0.651. The molecule has 3 atom stereocenters. The van der Waals surface area contributed by atoms with E-state index in [2.05, 4.69) is 10.5 Å². The highest BCUT2D eigenvalue weighted by Gasteiger charge is 2.50. The lowest BCUT2D eigenvalue weighted by atomic mass is 9.93. The maximum absolute atomic E-state index is 13.8. The van der Waals surface area contributed by atoms with E-state index in [0.717, 1.165) is 0 Å². The van der Waals surface area contributed by atoms with E-state index in [0.29, 0.717) is 70.3 Å². The average molecular weight is 659 g/mol. The van der Waals surface area contributed by atoms with Crippen LogP contribution in [0.3, 0.4) is 0 Å². The molecule has 16 heteroatoms. The molecule has 1 aromatic heterocycles. The van der Waals surface area contributed by atoms with Crippen molar-refractivity contribution >= 4 is 15.9 Å². The lowest BCUT2D eigenvalue weighted by molar-refractivity contribution is -0.137. The quantitative estimate of drug-likeness (QED) is 0.310. The first-order valence-electron chi connectivity index (χ1n) is 15.4. The number of hydrogen-bond donors (Lipinski definition) is 1. The SMILES string of the molecule is O=C(NC1C[C@H]2CC[C@@H](C1)N2S(=O)(=O)C1CCC(N(CCCC(F)(F)F)CCCC(F)(F)F)CC1)c1cc(C2COC2)on1. The highest BCUT2D eigenvalue weighted by atomic mass is 32.2. The minimum Gasteiger partial charge on any atom is -0.380 e. The number of hydrogen-bond acceptors (Lipinski definition) is 7. The third-order valence-corrected chi connectivity index (χ3v) is 12.0. The van der Waals surface area contributed by atoms with E-state index in [-0.39, 0.29) is 67.6 Å². The highest BCUT2D eigenvalue weighted by molar-refractivity contribution is 7.89. The van der Waals surface area contributed by atoms with Crippen LogP contribution in [0, 0.1) is 0 Å². The van der Waals surface area contributed by atoms with Gasteiger partial charge in [0.1, 0.15) is 5.76 Å². The summed E-state index contributed by atoms with van der Waals surface area (Å²) in [6.45, 7) is 1.09. The van der Waals surface area contributed by atoms with Crippen LogP contribution in [-0.2, 0) is 14.8 Å². The zero-order valence-electron chi connectivity index (χ0n) is 24.4. The molecule has 4 fully saturated rings. The number of piperidine rings is 1. The third-order valence-electron chi connectivity index (χ3n) is 9.49. The summed E-state index contributed by atoms with van der Waals surface area (Å²) in [5, 5.41) is 6.21. The van der Waals surface area contributed by atoms with Crippen molar-refractivity contribution in [3.63, 3.8) is 0 Å². The van der Waals surface area contributed by atoms with Crippen molar-refractivity contribution in [1.29, 1.82) is 0 Å². The number of aromatic nitrogens is 1. The van der Waals surface area contributed by atoms with Gasteiger partial charge < -0.3 is 19.5 Å². The Hall–Kier alpha value is -1.91. The van der Waals surface area contributed by atoms with Crippen molar-refractivity contribution in [1.82, 2.24) is 19.7 Å². The van der Waals surface area contributed by atoms with Gasteiger partial charge in [-0.25, -0.2) is 8.42 Å². The zero-order chi connectivity index (χ0) is 31.7. The fourth-order valence-corrected chi connectivity index (χ4v) is 9.66. The molecule has 4 heterocycles. The van der Waals surface area contributed by atoms with Crippen LogP contribution in [0.25, 0.3) is 0 Å². The molecule has 0 radical (unpaired) electrons. The van der Waals surface area contributed by atoms with Gasteiger partial charge in [0, 0.05) is 43.1 Å². The number of nitrogens with zero attached hydrogens (tertiary/aromatic N) is 3. The van der Waals surface area contributed by atoms with Crippen molar-refractivity contribution < 1.29 is 48.8 Å². The van der Waals surface area contributed by atoms with Crippen LogP contribution in [-0.4, -0.2) is 96.8 Å². The minimum atomic E-state index is -4.34. The molecule has 0 spiro atoms. The second-order valence-electron chi connectivity index (χ2n) is 12.7. The summed E-state index contributed by atoms with van der Waals surface area (Å²) >= 11 is 0. The minimum absolute atomic E-state index is 0.0213. The topological polar surface area (TPSA) is 105 Å². The molecule has 1 saturated carbocycles. The molecule has 3 saturated heterocycles. The summed E-state index contributed by atoms with van der Waals surface area (Å²) in [5.74, 6) is 0.326. The molecule has 2 bridgehead atoms. The fraction of sp³-hybridized carbons (Fsp3) is 0.857. The van der Waals surface area contributed by atoms with E-state index in [4.69, 9.17) is 9.26 Å². The van der Waals surface area contributed by atoms with Crippen LogP contribution in [0.5, 0.6) is 0 Å². The van der Waals surface area contributed by atoms with Crippen LogP contribution in [0.15, 0.2) is 10.6 Å². The zero-order valence-corrected chi connectivity index (χ0v) is 25.2. The number of fused-ring (bicyclic) bond motifs is 2. The van der Waals surface area contributed by atoms with Crippen LogP contribution < -0.4 is 5.32 Å². The van der Waals surface area contributed by atoms with Gasteiger partial charge in [-0.2, -0.15) is 30.6 Å². The molecule has 250 valence electrons. The van der Waals surface area contributed by atoms with E-state index in [9.17, 15) is 39.6 Å². The Kier molecular flexibility index (Phi) is 10.2. The Morgan fingerprint density at radius 1 is 0.932 bits per heavy atom. The summed E-state index contributed by atoms with van der Waals surface area (Å²) < 4.78 is 116. The normalized spacial score (nSPS) is 28.8. The second-order valence-corrected chi connectivity index (χ2v) is 14.8. The lowest BCUT2D eigenvalue weighted by Gasteiger charge is -2.42. The van der Waals surface area contributed by atoms with E-state index in [1.165, 1.54) is 0 Å². The number of halogens is 6. The van der Waals surface area contributed by atoms with E-state index in [1.807, 2.05) is 0 Å². The molecule has 4 aliphatic rings. The predicted molar refractivity (Wildman–Crippen MR) is 146 cm³/mol. The molecule has 1 unspecified atom stereocenters. The Bertz CT molecular complexity index is 1200. The van der Waals surface area contributed by atoms with Crippen LogP contribution >= 0.6 is 0 Å². The van der Waals surface area contributed by atoms with Crippen LogP contribution in [0.4, 0.5) is 26.3 Å². The van der Waals surface area contributed by atoms with Gasteiger partial charge in [-0.1, -0.05) is 5.16 Å². The number of sulfonamides is 1. The first-order valence-corrected chi connectivity index (χ1v) is 16.9. The average Bonchev–Trinajstić information content (AvgIpc) is 3.49. The second kappa shape index (κ2) is 13.4. The third kappa shape index (κ3) is 8.27. The fourth-order valence-electron chi connectivity index (χ4n) is 7.24. The van der Waals surface area contributed by atoms with Gasteiger partial charge in [0.2, 0.25) is 10.0 Å². The molecule has 5 rings (SSSR count). The summed E-state index contributed by atoms with van der Waals surface area (Å²) in [5.41, 5.74) is 0.178. The Morgan fingerprint density at radius 2 is 1.50 bits per heavy atom. The maximum Gasteiger partial charge on any atom is 0.389 e. The van der Waals surface area contributed by atoms with Gasteiger partial charge in [-0.05, 0) is 77.3 Å². The van der Waals surface area contributed by atoms with E-state index >= 15 is 0 Å². The number of ether oxygens (including phenoxy) is 1. The van der Waals surface area contributed by atoms with Crippen molar-refractivity contribution in [3.05, 3.63) is 17.5 Å². The first kappa shape index (κ1) is 33.5. The number of rotatable bonds is 12. The molecule has 1 amide bonds. The van der Waals surface area contributed by atoms with Gasteiger partial charge in [-0.3, -0.25) is 4.79 Å². The Labute approximate surface area is 253 Å². The van der Waals surface area contributed by atoms with Crippen molar-refractivity contribution in [2.45, 2.75) is 125 Å². The van der Waals surface area contributed by atoms with Gasteiger partial charge >= 0.3 is 12.4 Å².